The van der Waals surface area contributed by atoms with Crippen molar-refractivity contribution in [3.8, 4) is 5.75 Å². The van der Waals surface area contributed by atoms with Crippen molar-refractivity contribution in [2.24, 2.45) is 0 Å². The lowest BCUT2D eigenvalue weighted by Gasteiger charge is -2.11. The number of nitrogen functional groups attached to an aromatic ring is 1. The Morgan fingerprint density at radius 2 is 1.86 bits per heavy atom. The molecule has 0 aliphatic carbocycles. The molecule has 0 aliphatic rings. The standard InChI is InChI=1S/C15H16FNO3S/c1-10-12(17)6-4-8-14(10)21(18,19)9-11-5-3-7-13(20-2)15(11)16/h3-8H,9,17H2,1-2H3. The summed E-state index contributed by atoms with van der Waals surface area (Å²) in [4.78, 5) is 0.115. The van der Waals surface area contributed by atoms with Gasteiger partial charge in [0.25, 0.3) is 0 Å². The molecule has 0 unspecified atom stereocenters. The van der Waals surface area contributed by atoms with E-state index in [0.717, 1.165) is 0 Å². The molecule has 0 amide bonds. The third kappa shape index (κ3) is 3.00. The molecule has 0 aliphatic heterocycles. The second kappa shape index (κ2) is 5.73. The number of sulfone groups is 1. The predicted octanol–water partition coefficient (Wildman–Crippen LogP) is 2.70. The van der Waals surface area contributed by atoms with Gasteiger partial charge in [0.1, 0.15) is 0 Å². The lowest BCUT2D eigenvalue weighted by atomic mass is 10.2. The molecule has 0 atom stereocenters. The molecular weight excluding hydrogens is 293 g/mol. The van der Waals surface area contributed by atoms with Gasteiger partial charge in [-0.3, -0.25) is 0 Å². The van der Waals surface area contributed by atoms with Gasteiger partial charge in [-0.1, -0.05) is 18.2 Å². The van der Waals surface area contributed by atoms with Crippen LogP contribution in [0.3, 0.4) is 0 Å². The van der Waals surface area contributed by atoms with Gasteiger partial charge in [0.2, 0.25) is 0 Å². The van der Waals surface area contributed by atoms with Crippen LogP contribution in [-0.4, -0.2) is 15.5 Å². The van der Waals surface area contributed by atoms with Crippen LogP contribution >= 0.6 is 0 Å². The summed E-state index contributed by atoms with van der Waals surface area (Å²) >= 11 is 0. The summed E-state index contributed by atoms with van der Waals surface area (Å²) in [5.74, 6) is -1.09. The number of ether oxygens (including phenoxy) is 1. The first-order chi connectivity index (χ1) is 9.86. The first-order valence-corrected chi connectivity index (χ1v) is 7.91. The summed E-state index contributed by atoms with van der Waals surface area (Å²) in [5, 5.41) is 0. The molecule has 0 bridgehead atoms. The van der Waals surface area contributed by atoms with E-state index in [1.807, 2.05) is 0 Å². The molecule has 2 aromatic carbocycles. The van der Waals surface area contributed by atoms with Crippen molar-refractivity contribution < 1.29 is 17.5 Å². The molecule has 0 aromatic heterocycles. The van der Waals surface area contributed by atoms with Gasteiger partial charge in [-0.2, -0.15) is 0 Å². The summed E-state index contributed by atoms with van der Waals surface area (Å²) in [6, 6.07) is 9.09. The largest absolute Gasteiger partial charge is 0.494 e. The lowest BCUT2D eigenvalue weighted by Crippen LogP contribution is -2.09. The third-order valence-corrected chi connectivity index (χ3v) is 5.07. The van der Waals surface area contributed by atoms with Gasteiger partial charge in [-0.05, 0) is 30.7 Å². The maximum absolute atomic E-state index is 14.1. The Morgan fingerprint density at radius 3 is 2.52 bits per heavy atom. The molecule has 2 N–H and O–H groups in total. The Balaban J connectivity index is 2.45. The van der Waals surface area contributed by atoms with Gasteiger partial charge in [-0.15, -0.1) is 0 Å². The molecule has 2 aromatic rings. The van der Waals surface area contributed by atoms with E-state index in [1.54, 1.807) is 25.1 Å². The van der Waals surface area contributed by atoms with Gasteiger partial charge >= 0.3 is 0 Å². The van der Waals surface area contributed by atoms with Crippen molar-refractivity contribution in [3.05, 3.63) is 53.3 Å². The second-order valence-electron chi connectivity index (χ2n) is 4.66. The summed E-state index contributed by atoms with van der Waals surface area (Å²) < 4.78 is 43.9. The average molecular weight is 309 g/mol. The van der Waals surface area contributed by atoms with Crippen LogP contribution in [0.15, 0.2) is 41.3 Å². The highest BCUT2D eigenvalue weighted by atomic mass is 32.2. The van der Waals surface area contributed by atoms with E-state index in [1.165, 1.54) is 25.3 Å². The Kier molecular flexibility index (Phi) is 4.18. The number of methoxy groups -OCH3 is 1. The van der Waals surface area contributed by atoms with Crippen LogP contribution in [0.25, 0.3) is 0 Å². The maximum atomic E-state index is 14.1. The minimum atomic E-state index is -3.69. The fourth-order valence-corrected chi connectivity index (χ4v) is 3.73. The molecule has 112 valence electrons. The highest BCUT2D eigenvalue weighted by Crippen LogP contribution is 2.27. The van der Waals surface area contributed by atoms with E-state index in [9.17, 15) is 12.8 Å². The molecule has 21 heavy (non-hydrogen) atoms. The van der Waals surface area contributed by atoms with Crippen molar-refractivity contribution >= 4 is 15.5 Å². The molecule has 6 heteroatoms. The summed E-state index contributed by atoms with van der Waals surface area (Å²) in [6.07, 6.45) is 0. The number of halogens is 1. The second-order valence-corrected chi connectivity index (χ2v) is 6.62. The van der Waals surface area contributed by atoms with Gasteiger partial charge in [0, 0.05) is 11.3 Å². The van der Waals surface area contributed by atoms with Crippen molar-refractivity contribution in [2.75, 3.05) is 12.8 Å². The Labute approximate surface area is 123 Å². The van der Waals surface area contributed by atoms with Crippen molar-refractivity contribution in [1.29, 1.82) is 0 Å². The topological polar surface area (TPSA) is 69.4 Å². The van der Waals surface area contributed by atoms with Crippen LogP contribution in [0.2, 0.25) is 0 Å². The van der Waals surface area contributed by atoms with Crippen LogP contribution in [0.5, 0.6) is 5.75 Å². The normalized spacial score (nSPS) is 11.4. The molecule has 0 saturated heterocycles. The summed E-state index contributed by atoms with van der Waals surface area (Å²) in [5.41, 5.74) is 6.66. The van der Waals surface area contributed by atoms with Crippen molar-refractivity contribution in [3.63, 3.8) is 0 Å². The van der Waals surface area contributed by atoms with E-state index in [0.29, 0.717) is 11.3 Å². The predicted molar refractivity (Wildman–Crippen MR) is 79.4 cm³/mol. The first kappa shape index (κ1) is 15.3. The SMILES string of the molecule is COc1cccc(CS(=O)(=O)c2cccc(N)c2C)c1F. The minimum absolute atomic E-state index is 0.0204. The zero-order chi connectivity index (χ0) is 15.6. The molecule has 0 fully saturated rings. The number of anilines is 1. The molecule has 2 rings (SSSR count). The van der Waals surface area contributed by atoms with Crippen molar-refractivity contribution in [1.82, 2.24) is 0 Å². The van der Waals surface area contributed by atoms with Crippen LogP contribution in [0.4, 0.5) is 10.1 Å². The van der Waals surface area contributed by atoms with E-state index in [2.05, 4.69) is 0 Å². The molecule has 0 spiro atoms. The van der Waals surface area contributed by atoms with E-state index >= 15 is 0 Å². The Bertz CT molecular complexity index is 772. The van der Waals surface area contributed by atoms with Gasteiger partial charge in [0.15, 0.2) is 21.4 Å². The van der Waals surface area contributed by atoms with E-state index in [4.69, 9.17) is 10.5 Å². The monoisotopic (exact) mass is 309 g/mol. The zero-order valence-electron chi connectivity index (χ0n) is 11.8. The Hall–Kier alpha value is -2.08. The summed E-state index contributed by atoms with van der Waals surface area (Å²) in [7, 11) is -2.36. The first-order valence-electron chi connectivity index (χ1n) is 6.26. The molecule has 0 heterocycles. The van der Waals surface area contributed by atoms with E-state index in [-0.39, 0.29) is 16.2 Å². The number of hydrogen-bond acceptors (Lipinski definition) is 4. The minimum Gasteiger partial charge on any atom is -0.494 e. The quantitative estimate of drug-likeness (QED) is 0.882. The van der Waals surface area contributed by atoms with E-state index < -0.39 is 21.4 Å². The highest BCUT2D eigenvalue weighted by molar-refractivity contribution is 7.90. The average Bonchev–Trinajstić information content (AvgIpc) is 2.44. The van der Waals surface area contributed by atoms with Gasteiger partial charge in [-0.25, -0.2) is 12.8 Å². The van der Waals surface area contributed by atoms with Crippen LogP contribution in [-0.2, 0) is 15.6 Å². The van der Waals surface area contributed by atoms with Gasteiger partial charge in [0.05, 0.1) is 17.8 Å². The van der Waals surface area contributed by atoms with Gasteiger partial charge < -0.3 is 10.5 Å². The zero-order valence-corrected chi connectivity index (χ0v) is 12.6. The molecule has 4 nitrogen and oxygen atoms in total. The number of hydrogen-bond donors (Lipinski definition) is 1. The fourth-order valence-electron chi connectivity index (χ4n) is 2.08. The lowest BCUT2D eigenvalue weighted by molar-refractivity contribution is 0.385. The smallest absolute Gasteiger partial charge is 0.182 e. The third-order valence-electron chi connectivity index (χ3n) is 3.27. The van der Waals surface area contributed by atoms with Crippen LogP contribution in [0, 0.1) is 12.7 Å². The van der Waals surface area contributed by atoms with Crippen molar-refractivity contribution in [2.45, 2.75) is 17.6 Å². The number of benzene rings is 2. The summed E-state index contributed by atoms with van der Waals surface area (Å²) in [6.45, 7) is 1.63. The number of rotatable bonds is 4. The Morgan fingerprint density at radius 1 is 1.19 bits per heavy atom. The number of nitrogens with two attached hydrogens (primary N) is 1. The molecular formula is C15H16FNO3S. The maximum Gasteiger partial charge on any atom is 0.182 e. The van der Waals surface area contributed by atoms with Crippen LogP contribution in [0.1, 0.15) is 11.1 Å². The molecule has 0 radical (unpaired) electrons. The molecule has 0 saturated carbocycles. The fraction of sp³-hybridized carbons (Fsp3) is 0.200. The van der Waals surface area contributed by atoms with Crippen LogP contribution < -0.4 is 10.5 Å². The highest BCUT2D eigenvalue weighted by Gasteiger charge is 2.21.